The van der Waals surface area contributed by atoms with Crippen molar-refractivity contribution in [1.82, 2.24) is 19.9 Å². The standard InChI is InChI=1S/C29H40N6O4S/c1-6-38-15-13-30-27-33-24(31-20-8-7-14-35(17-20)28(36)39-29(2,3)4)23(25(34-27)37-5)26-32-21-16-19(18-9-10-18)11-12-22(21)40-26/h11-12,16,18,20H,6-10,13-15,17H2,1-5H3,(H2,30,31,33,34)/t20-/m1/s1. The second-order valence-corrected chi connectivity index (χ2v) is 12.4. The molecular weight excluding hydrogens is 528 g/mol. The van der Waals surface area contributed by atoms with Crippen LogP contribution in [0, 0.1) is 0 Å². The number of amides is 1. The largest absolute Gasteiger partial charge is 0.480 e. The Morgan fingerprint density at radius 2 is 2.00 bits per heavy atom. The zero-order valence-corrected chi connectivity index (χ0v) is 24.9. The number of piperidine rings is 1. The first-order valence-electron chi connectivity index (χ1n) is 14.2. The molecule has 1 saturated carbocycles. The molecule has 2 N–H and O–H groups in total. The Labute approximate surface area is 239 Å². The molecule has 1 saturated heterocycles. The summed E-state index contributed by atoms with van der Waals surface area (Å²) in [5, 5.41) is 7.65. The molecule has 1 aliphatic heterocycles. The number of hydrogen-bond donors (Lipinski definition) is 2. The van der Waals surface area contributed by atoms with Crippen molar-refractivity contribution in [3.05, 3.63) is 23.8 Å². The Morgan fingerprint density at radius 1 is 1.18 bits per heavy atom. The van der Waals surface area contributed by atoms with Gasteiger partial charge in [0.25, 0.3) is 0 Å². The fourth-order valence-electron chi connectivity index (χ4n) is 4.85. The average Bonchev–Trinajstić information content (AvgIpc) is 3.69. The fourth-order valence-corrected chi connectivity index (χ4v) is 5.83. The van der Waals surface area contributed by atoms with Gasteiger partial charge in [-0.15, -0.1) is 11.3 Å². The normalized spacial score (nSPS) is 17.6. The number of likely N-dealkylation sites (tertiary alicyclic amines) is 1. The van der Waals surface area contributed by atoms with Crippen molar-refractivity contribution in [3.8, 4) is 16.5 Å². The highest BCUT2D eigenvalue weighted by molar-refractivity contribution is 7.21. The van der Waals surface area contributed by atoms with Crippen molar-refractivity contribution in [1.29, 1.82) is 0 Å². The monoisotopic (exact) mass is 568 g/mol. The van der Waals surface area contributed by atoms with Gasteiger partial charge in [0.15, 0.2) is 0 Å². The van der Waals surface area contributed by atoms with Gasteiger partial charge in [0.05, 0.1) is 23.9 Å². The quantitative estimate of drug-likeness (QED) is 0.289. The summed E-state index contributed by atoms with van der Waals surface area (Å²) in [6.07, 6.45) is 3.95. The molecule has 5 rings (SSSR count). The van der Waals surface area contributed by atoms with E-state index >= 15 is 0 Å². The molecule has 3 heterocycles. The lowest BCUT2D eigenvalue weighted by molar-refractivity contribution is 0.0206. The van der Waals surface area contributed by atoms with Crippen LogP contribution >= 0.6 is 11.3 Å². The number of hydrogen-bond acceptors (Lipinski definition) is 10. The minimum atomic E-state index is -0.543. The van der Waals surface area contributed by atoms with E-state index in [1.165, 1.54) is 18.4 Å². The molecule has 2 aliphatic rings. The van der Waals surface area contributed by atoms with E-state index in [1.807, 2.05) is 27.7 Å². The molecule has 2 fully saturated rings. The van der Waals surface area contributed by atoms with Crippen LogP contribution in [0.2, 0.25) is 0 Å². The van der Waals surface area contributed by atoms with Crippen LogP contribution in [0.25, 0.3) is 20.8 Å². The number of anilines is 2. The number of carbonyl (C=O) groups excluding carboxylic acids is 1. The highest BCUT2D eigenvalue weighted by atomic mass is 32.1. The number of thiazole rings is 1. The molecule has 2 aromatic heterocycles. The first kappa shape index (κ1) is 28.4. The zero-order valence-electron chi connectivity index (χ0n) is 24.1. The number of aromatic nitrogens is 3. The second-order valence-electron chi connectivity index (χ2n) is 11.3. The van der Waals surface area contributed by atoms with Crippen LogP contribution in [0.1, 0.15) is 64.9 Å². The van der Waals surface area contributed by atoms with Gasteiger partial charge >= 0.3 is 6.09 Å². The smallest absolute Gasteiger partial charge is 0.410 e. The predicted molar refractivity (Wildman–Crippen MR) is 159 cm³/mol. The Hall–Kier alpha value is -3.18. The third kappa shape index (κ3) is 6.93. The fraction of sp³-hybridized carbons (Fsp3) is 0.586. The molecule has 1 aromatic carbocycles. The lowest BCUT2D eigenvalue weighted by atomic mass is 10.1. The lowest BCUT2D eigenvalue weighted by Gasteiger charge is -2.34. The molecule has 1 aliphatic carbocycles. The van der Waals surface area contributed by atoms with Gasteiger partial charge in [-0.3, -0.25) is 0 Å². The van der Waals surface area contributed by atoms with Gasteiger partial charge in [0, 0.05) is 32.3 Å². The van der Waals surface area contributed by atoms with Crippen molar-refractivity contribution in [2.24, 2.45) is 0 Å². The van der Waals surface area contributed by atoms with E-state index in [9.17, 15) is 4.79 Å². The maximum atomic E-state index is 12.8. The van der Waals surface area contributed by atoms with Crippen LogP contribution in [0.4, 0.5) is 16.6 Å². The van der Waals surface area contributed by atoms with E-state index in [2.05, 4.69) is 33.8 Å². The van der Waals surface area contributed by atoms with E-state index < -0.39 is 5.60 Å². The highest BCUT2D eigenvalue weighted by Gasteiger charge is 2.30. The first-order chi connectivity index (χ1) is 19.2. The number of benzene rings is 1. The second kappa shape index (κ2) is 12.1. The Bertz CT molecular complexity index is 1340. The first-order valence-corrected chi connectivity index (χ1v) is 15.0. The summed E-state index contributed by atoms with van der Waals surface area (Å²) < 4.78 is 18.0. The number of carbonyl (C=O) groups is 1. The maximum Gasteiger partial charge on any atom is 0.410 e. The summed E-state index contributed by atoms with van der Waals surface area (Å²) in [6, 6.07) is 6.56. The number of rotatable bonds is 10. The molecule has 1 atom stereocenters. The number of ether oxygens (including phenoxy) is 3. The summed E-state index contributed by atoms with van der Waals surface area (Å²) >= 11 is 1.60. The third-order valence-corrected chi connectivity index (χ3v) is 7.94. The van der Waals surface area contributed by atoms with Crippen LogP contribution in [-0.2, 0) is 9.47 Å². The molecule has 0 unspecified atom stereocenters. The minimum absolute atomic E-state index is 0.0215. The van der Waals surface area contributed by atoms with Crippen LogP contribution < -0.4 is 15.4 Å². The summed E-state index contributed by atoms with van der Waals surface area (Å²) in [5.41, 5.74) is 2.51. The van der Waals surface area contributed by atoms with Crippen LogP contribution in [-0.4, -0.2) is 77.5 Å². The van der Waals surface area contributed by atoms with Crippen LogP contribution in [0.3, 0.4) is 0 Å². The third-order valence-electron chi connectivity index (χ3n) is 6.89. The van der Waals surface area contributed by atoms with Gasteiger partial charge in [0.1, 0.15) is 22.0 Å². The summed E-state index contributed by atoms with van der Waals surface area (Å²) in [7, 11) is 1.61. The van der Waals surface area contributed by atoms with E-state index in [0.29, 0.717) is 56.4 Å². The van der Waals surface area contributed by atoms with Gasteiger partial charge in [0.2, 0.25) is 11.8 Å². The van der Waals surface area contributed by atoms with E-state index in [4.69, 9.17) is 24.2 Å². The van der Waals surface area contributed by atoms with Crippen molar-refractivity contribution in [3.63, 3.8) is 0 Å². The van der Waals surface area contributed by atoms with Gasteiger partial charge in [-0.25, -0.2) is 9.78 Å². The Morgan fingerprint density at radius 3 is 2.73 bits per heavy atom. The zero-order chi connectivity index (χ0) is 28.3. The predicted octanol–water partition coefficient (Wildman–Crippen LogP) is 5.90. The van der Waals surface area contributed by atoms with Crippen molar-refractivity contribution in [2.45, 2.75) is 70.9 Å². The highest BCUT2D eigenvalue weighted by Crippen LogP contribution is 2.44. The van der Waals surface area contributed by atoms with Gasteiger partial charge in [-0.05, 0) is 77.0 Å². The summed E-state index contributed by atoms with van der Waals surface area (Å²) in [5.74, 6) is 2.17. The van der Waals surface area contributed by atoms with Crippen molar-refractivity contribution >= 4 is 39.4 Å². The summed E-state index contributed by atoms with van der Waals surface area (Å²) in [6.45, 7) is 10.6. The topological polar surface area (TPSA) is 111 Å². The Kier molecular flexibility index (Phi) is 8.60. The van der Waals surface area contributed by atoms with E-state index in [-0.39, 0.29) is 12.1 Å². The molecule has 40 heavy (non-hydrogen) atoms. The number of methoxy groups -OCH3 is 1. The molecule has 1 amide bonds. The molecular formula is C29H40N6O4S. The van der Waals surface area contributed by atoms with E-state index in [1.54, 1.807) is 23.3 Å². The van der Waals surface area contributed by atoms with Crippen molar-refractivity contribution < 1.29 is 19.0 Å². The van der Waals surface area contributed by atoms with Crippen molar-refractivity contribution in [2.75, 3.05) is 50.6 Å². The number of nitrogens with zero attached hydrogens (tertiary/aromatic N) is 4. The van der Waals surface area contributed by atoms with Crippen LogP contribution in [0.5, 0.6) is 5.88 Å². The van der Waals surface area contributed by atoms with Gasteiger partial charge < -0.3 is 29.7 Å². The number of fused-ring (bicyclic) bond motifs is 1. The Balaban J connectivity index is 1.46. The summed E-state index contributed by atoms with van der Waals surface area (Å²) in [4.78, 5) is 29.1. The minimum Gasteiger partial charge on any atom is -0.480 e. The molecule has 10 nitrogen and oxygen atoms in total. The van der Waals surface area contributed by atoms with Crippen LogP contribution in [0.15, 0.2) is 18.2 Å². The molecule has 216 valence electrons. The molecule has 0 bridgehead atoms. The maximum absolute atomic E-state index is 12.8. The molecule has 0 spiro atoms. The SMILES string of the molecule is CCOCCNc1nc(N[C@@H]2CCCN(C(=O)OC(C)(C)C)C2)c(-c2nc3cc(C4CC4)ccc3s2)c(OC)n1. The number of nitrogens with one attached hydrogen (secondary N) is 2. The molecule has 3 aromatic rings. The van der Waals surface area contributed by atoms with Gasteiger partial charge in [-0.1, -0.05) is 6.07 Å². The molecule has 0 radical (unpaired) electrons. The van der Waals surface area contributed by atoms with E-state index in [0.717, 1.165) is 33.6 Å². The lowest BCUT2D eigenvalue weighted by Crippen LogP contribution is -2.47. The van der Waals surface area contributed by atoms with Gasteiger partial charge in [-0.2, -0.15) is 9.97 Å². The molecule has 11 heteroatoms. The average molecular weight is 569 g/mol.